The summed E-state index contributed by atoms with van der Waals surface area (Å²) in [6, 6.07) is 6.12. The molecule has 3 bridgehead atoms. The molecular formula is C48H48N4O20. The molecule has 72 heavy (non-hydrogen) atoms. The van der Waals surface area contributed by atoms with Crippen molar-refractivity contribution in [2.75, 3.05) is 26.1 Å². The number of nitrogens with one attached hydrogen (secondary N) is 2. The van der Waals surface area contributed by atoms with Crippen molar-refractivity contribution in [1.82, 2.24) is 15.5 Å². The monoisotopic (exact) mass is 1000 g/mol. The molecule has 1 fully saturated rings. The SMILES string of the molecule is COc1ccc2c(O)c(NC(=O)c3cc(OC4CC(C)(N(O)O)C(OC)C(C)O4)c(O)c(C(=O)OC4C(C)C=C(C)C(=O)c5c(O)c(C)cc6c5C(=O)C5=C(NCC(C)(O5)C(=O)C4O)C6=O)n3)c(=O)oc2c1. The Labute approximate surface area is 406 Å². The van der Waals surface area contributed by atoms with Gasteiger partial charge < -0.3 is 63.9 Å². The Morgan fingerprint density at radius 1 is 0.931 bits per heavy atom. The van der Waals surface area contributed by atoms with Gasteiger partial charge in [-0.25, -0.2) is 14.6 Å². The number of esters is 1. The highest BCUT2D eigenvalue weighted by molar-refractivity contribution is 6.31. The number of Topliss-reactive ketones (excluding diaryl/α,β-unsaturated/α-hetero) is 4. The number of aromatic hydroxyl groups is 3. The van der Waals surface area contributed by atoms with Gasteiger partial charge >= 0.3 is 11.6 Å². The molecule has 380 valence electrons. The van der Waals surface area contributed by atoms with Crippen LogP contribution >= 0.6 is 0 Å². The molecule has 3 aliphatic heterocycles. The van der Waals surface area contributed by atoms with Crippen LogP contribution in [0.5, 0.6) is 28.7 Å². The van der Waals surface area contributed by atoms with Crippen molar-refractivity contribution in [2.45, 2.75) is 89.8 Å². The van der Waals surface area contributed by atoms with Crippen LogP contribution in [-0.4, -0.2) is 139 Å². The summed E-state index contributed by atoms with van der Waals surface area (Å²) in [6.07, 6.45) is -7.08. The van der Waals surface area contributed by atoms with Gasteiger partial charge in [-0.05, 0) is 64.0 Å². The van der Waals surface area contributed by atoms with Gasteiger partial charge in [0.25, 0.3) is 5.91 Å². The Bertz CT molecular complexity index is 3160. The van der Waals surface area contributed by atoms with Gasteiger partial charge in [-0.2, -0.15) is 0 Å². The number of aliphatic hydroxyl groups is 1. The van der Waals surface area contributed by atoms with E-state index in [0.29, 0.717) is 0 Å². The number of phenolic OH excluding ortho intramolecular Hbond substituents is 1. The molecule has 2 aromatic heterocycles. The molecule has 24 heteroatoms. The number of carbonyl (C=O) groups excluding carboxylic acids is 6. The molecule has 0 saturated carbocycles. The van der Waals surface area contributed by atoms with E-state index in [4.69, 9.17) is 32.8 Å². The number of hydroxylamine groups is 2. The number of allylic oxidation sites excluding steroid dienone is 3. The zero-order chi connectivity index (χ0) is 52.6. The standard InChI is InChI=1S/C48H48N4O20/c1-17-11-19(3)40(39(59)42(60)48(6)16-49-30-36(56)23-12-18(2)34(54)29(33(17)53)28(23)38(58)41(30)72-48)71-46(63)32-37(57)26(69-27-15-47(5,52(64)65)43(67-8)20(4)68-27)14-24(50-32)44(61)51-31-35(55)22-10-9-21(66-7)13-25(22)70-45(31)62/h9-14,19-20,27,39-40,43,49,54-55,57,59,64-65H,15-16H2,1-8H3,(H,51,61). The average molecular weight is 1000 g/mol. The number of ketones is 4. The predicted molar refractivity (Wildman–Crippen MR) is 242 cm³/mol. The zero-order valence-corrected chi connectivity index (χ0v) is 39.6. The lowest BCUT2D eigenvalue weighted by Gasteiger charge is -2.47. The van der Waals surface area contributed by atoms with Crippen LogP contribution < -0.4 is 25.7 Å². The van der Waals surface area contributed by atoms with Crippen molar-refractivity contribution in [3.05, 3.63) is 97.5 Å². The number of ether oxygens (including phenoxy) is 6. The molecule has 2 aromatic carbocycles. The van der Waals surface area contributed by atoms with E-state index in [1.54, 1.807) is 0 Å². The molecule has 8 unspecified atom stereocenters. The van der Waals surface area contributed by atoms with E-state index >= 15 is 0 Å². The molecule has 5 heterocycles. The molecule has 0 radical (unpaired) electrons. The Hall–Kier alpha value is -7.74. The van der Waals surface area contributed by atoms with Crippen molar-refractivity contribution in [3.8, 4) is 28.7 Å². The molecule has 1 aliphatic carbocycles. The van der Waals surface area contributed by atoms with Crippen LogP contribution in [-0.2, 0) is 23.7 Å². The number of aryl methyl sites for hydroxylation is 1. The normalized spacial score (nSPS) is 26.2. The number of aliphatic hydroxyl groups excluding tert-OH is 1. The highest BCUT2D eigenvalue weighted by atomic mass is 16.8. The van der Waals surface area contributed by atoms with Gasteiger partial charge in [0.05, 0.1) is 36.3 Å². The molecule has 4 aliphatic rings. The molecule has 8 N–H and O–H groups in total. The smallest absolute Gasteiger partial charge is 0.364 e. The highest BCUT2D eigenvalue weighted by Crippen LogP contribution is 2.42. The second-order valence-corrected chi connectivity index (χ2v) is 18.1. The minimum atomic E-state index is -2.39. The van der Waals surface area contributed by atoms with Crippen molar-refractivity contribution in [2.24, 2.45) is 5.92 Å². The maximum Gasteiger partial charge on any atom is 0.364 e. The molecule has 1 amide bonds. The maximum absolute atomic E-state index is 14.5. The van der Waals surface area contributed by atoms with Gasteiger partial charge in [0, 0.05) is 37.1 Å². The van der Waals surface area contributed by atoms with Crippen LogP contribution in [0.2, 0.25) is 0 Å². The number of anilines is 1. The van der Waals surface area contributed by atoms with Crippen LogP contribution in [0, 0.1) is 12.8 Å². The first-order valence-electron chi connectivity index (χ1n) is 22.1. The van der Waals surface area contributed by atoms with Crippen LogP contribution in [0.15, 0.2) is 62.6 Å². The molecule has 8 rings (SSSR count). The lowest BCUT2D eigenvalue weighted by molar-refractivity contribution is -0.401. The summed E-state index contributed by atoms with van der Waals surface area (Å²) < 4.78 is 39.5. The van der Waals surface area contributed by atoms with Crippen molar-refractivity contribution in [1.29, 1.82) is 0 Å². The minimum absolute atomic E-state index is 0.0362. The number of methoxy groups -OCH3 is 2. The van der Waals surface area contributed by atoms with Crippen LogP contribution in [0.25, 0.3) is 11.0 Å². The zero-order valence-electron chi connectivity index (χ0n) is 39.6. The number of hydrogen-bond acceptors (Lipinski definition) is 23. The number of hydrogen-bond donors (Lipinski definition) is 8. The van der Waals surface area contributed by atoms with E-state index in [0.717, 1.165) is 12.1 Å². The number of aromatic nitrogens is 1. The summed E-state index contributed by atoms with van der Waals surface area (Å²) in [6.45, 7) is 7.56. The Balaban J connectivity index is 1.22. The van der Waals surface area contributed by atoms with Crippen LogP contribution in [0.4, 0.5) is 5.69 Å². The summed E-state index contributed by atoms with van der Waals surface area (Å²) in [5.41, 5.74) is -9.66. The van der Waals surface area contributed by atoms with E-state index in [9.17, 15) is 64.4 Å². The van der Waals surface area contributed by atoms with Gasteiger partial charge in [-0.1, -0.05) is 18.2 Å². The summed E-state index contributed by atoms with van der Waals surface area (Å²) in [5, 5.41) is 71.4. The highest BCUT2D eigenvalue weighted by Gasteiger charge is 2.53. The Morgan fingerprint density at radius 3 is 2.31 bits per heavy atom. The van der Waals surface area contributed by atoms with Gasteiger partial charge in [0.15, 0.2) is 51.9 Å². The summed E-state index contributed by atoms with van der Waals surface area (Å²) in [4.78, 5) is 102. The van der Waals surface area contributed by atoms with Crippen molar-refractivity contribution >= 4 is 51.7 Å². The van der Waals surface area contributed by atoms with E-state index in [2.05, 4.69) is 15.6 Å². The van der Waals surface area contributed by atoms with Crippen LogP contribution in [0.3, 0.4) is 0 Å². The van der Waals surface area contributed by atoms with E-state index in [-0.39, 0.29) is 44.3 Å². The maximum atomic E-state index is 14.5. The molecule has 4 aromatic rings. The van der Waals surface area contributed by atoms with Crippen LogP contribution in [0.1, 0.15) is 98.7 Å². The van der Waals surface area contributed by atoms with Gasteiger partial charge in [0.1, 0.15) is 46.2 Å². The van der Waals surface area contributed by atoms with E-state index in [1.165, 1.54) is 80.0 Å². The predicted octanol–water partition coefficient (Wildman–Crippen LogP) is 3.15. The first kappa shape index (κ1) is 50.6. The topological polar surface area (TPSA) is 350 Å². The summed E-state index contributed by atoms with van der Waals surface area (Å²) in [5.74, 6) is -11.9. The van der Waals surface area contributed by atoms with E-state index < -0.39 is 158 Å². The van der Waals surface area contributed by atoms with Gasteiger partial charge in [-0.3, -0.25) is 34.4 Å². The average Bonchev–Trinajstić information content (AvgIpc) is 3.33. The summed E-state index contributed by atoms with van der Waals surface area (Å²) in [7, 11) is 2.65. The van der Waals surface area contributed by atoms with Crippen molar-refractivity contribution in [3.63, 3.8) is 0 Å². The molecule has 1 saturated heterocycles. The number of carbonyl (C=O) groups is 6. The number of amides is 1. The number of pyridine rings is 1. The fourth-order valence-electron chi connectivity index (χ4n) is 9.30. The second kappa shape index (κ2) is 18.5. The number of benzene rings is 2. The third kappa shape index (κ3) is 8.35. The molecule has 0 spiro atoms. The van der Waals surface area contributed by atoms with E-state index in [1.807, 2.05) is 0 Å². The molecular weight excluding hydrogens is 953 g/mol. The number of rotatable bonds is 9. The molecule has 8 atom stereocenters. The largest absolute Gasteiger partial charge is 0.507 e. The quantitative estimate of drug-likeness (QED) is 0.0678. The fraction of sp³-hybridized carbons (Fsp3) is 0.375. The van der Waals surface area contributed by atoms with Crippen molar-refractivity contribution < 1.29 is 92.4 Å². The third-order valence-corrected chi connectivity index (χ3v) is 13.2. The lowest BCUT2D eigenvalue weighted by Crippen LogP contribution is -2.63. The first-order chi connectivity index (χ1) is 33.8. The number of fused-ring (bicyclic) bond motifs is 2. The fourth-order valence-corrected chi connectivity index (χ4v) is 9.30. The Kier molecular flexibility index (Phi) is 13.0. The first-order valence-corrected chi connectivity index (χ1v) is 22.1. The summed E-state index contributed by atoms with van der Waals surface area (Å²) >= 11 is 0. The second-order valence-electron chi connectivity index (χ2n) is 18.1. The third-order valence-electron chi connectivity index (χ3n) is 13.2. The van der Waals surface area contributed by atoms with Gasteiger partial charge in [-0.15, -0.1) is 0 Å². The van der Waals surface area contributed by atoms with Gasteiger partial charge in [0.2, 0.25) is 23.6 Å². The minimum Gasteiger partial charge on any atom is -0.507 e. The lowest BCUT2D eigenvalue weighted by atomic mass is 9.82. The number of nitrogens with zero attached hydrogens (tertiary/aromatic N) is 2. The molecule has 24 nitrogen and oxygen atoms in total. The Morgan fingerprint density at radius 2 is 1.64 bits per heavy atom. The number of phenols is 1.